The topological polar surface area (TPSA) is 72.6 Å². The first-order valence-corrected chi connectivity index (χ1v) is 6.03. The molecule has 0 saturated heterocycles. The van der Waals surface area contributed by atoms with E-state index in [1.54, 1.807) is 6.07 Å². The summed E-state index contributed by atoms with van der Waals surface area (Å²) in [5.74, 6) is -1.00. The highest BCUT2D eigenvalue weighted by atomic mass is 16.6. The van der Waals surface area contributed by atoms with Gasteiger partial charge in [-0.25, -0.2) is 4.79 Å². The number of hydrogen-bond donors (Lipinski definition) is 1. The van der Waals surface area contributed by atoms with E-state index in [0.29, 0.717) is 17.7 Å². The van der Waals surface area contributed by atoms with Crippen molar-refractivity contribution >= 4 is 17.1 Å². The Balaban J connectivity index is 1.80. The molecule has 0 radical (unpaired) electrons. The van der Waals surface area contributed by atoms with Crippen LogP contribution in [0.3, 0.4) is 0 Å². The molecule has 0 aliphatic heterocycles. The van der Waals surface area contributed by atoms with Gasteiger partial charge in [-0.05, 0) is 23.8 Å². The Kier molecular flexibility index (Phi) is 3.09. The number of oxazole rings is 1. The molecular formula is C15H11NO4. The first kappa shape index (κ1) is 12.2. The molecule has 3 rings (SSSR count). The van der Waals surface area contributed by atoms with Gasteiger partial charge in [-0.2, -0.15) is 4.98 Å². The normalized spacial score (nSPS) is 10.6. The Bertz CT molecular complexity index is 749. The van der Waals surface area contributed by atoms with Crippen LogP contribution >= 0.6 is 0 Å². The summed E-state index contributed by atoms with van der Waals surface area (Å²) in [6.45, 7) is 0.347. The predicted octanol–water partition coefficient (Wildman–Crippen LogP) is 3.11. The van der Waals surface area contributed by atoms with Crippen LogP contribution in [0.15, 0.2) is 52.9 Å². The number of carboxylic acid groups (broad SMARTS) is 1. The van der Waals surface area contributed by atoms with E-state index in [4.69, 9.17) is 14.3 Å². The zero-order valence-electron chi connectivity index (χ0n) is 10.4. The van der Waals surface area contributed by atoms with Crippen molar-refractivity contribution in [2.24, 2.45) is 0 Å². The van der Waals surface area contributed by atoms with E-state index in [2.05, 4.69) is 4.98 Å². The molecule has 100 valence electrons. The third-order valence-electron chi connectivity index (χ3n) is 2.82. The lowest BCUT2D eigenvalue weighted by Crippen LogP contribution is -1.94. The first-order chi connectivity index (χ1) is 9.72. The number of carbonyl (C=O) groups is 1. The van der Waals surface area contributed by atoms with E-state index in [-0.39, 0.29) is 11.6 Å². The minimum atomic E-state index is -1.00. The van der Waals surface area contributed by atoms with Crippen molar-refractivity contribution in [2.75, 3.05) is 0 Å². The second-order valence-corrected chi connectivity index (χ2v) is 4.24. The zero-order valence-corrected chi connectivity index (χ0v) is 10.4. The zero-order chi connectivity index (χ0) is 13.9. The number of nitrogens with zero attached hydrogens (tertiary/aromatic N) is 1. The number of fused-ring (bicyclic) bond motifs is 1. The average Bonchev–Trinajstić information content (AvgIpc) is 2.88. The third kappa shape index (κ3) is 2.47. The fraction of sp³-hybridized carbons (Fsp3) is 0.0667. The Morgan fingerprint density at radius 1 is 1.20 bits per heavy atom. The molecule has 1 heterocycles. The fourth-order valence-electron chi connectivity index (χ4n) is 1.82. The summed E-state index contributed by atoms with van der Waals surface area (Å²) < 4.78 is 10.8. The van der Waals surface area contributed by atoms with Crippen LogP contribution in [0.2, 0.25) is 0 Å². The molecule has 3 aromatic rings. The fourth-order valence-corrected chi connectivity index (χ4v) is 1.82. The number of rotatable bonds is 4. The maximum atomic E-state index is 10.9. The van der Waals surface area contributed by atoms with Crippen LogP contribution in [0.4, 0.5) is 0 Å². The largest absolute Gasteiger partial charge is 0.478 e. The van der Waals surface area contributed by atoms with E-state index in [9.17, 15) is 4.79 Å². The summed E-state index contributed by atoms with van der Waals surface area (Å²) in [5.41, 5.74) is 2.12. The average molecular weight is 269 g/mol. The monoisotopic (exact) mass is 269 g/mol. The van der Waals surface area contributed by atoms with Crippen LogP contribution in [-0.4, -0.2) is 16.1 Å². The standard InChI is InChI=1S/C15H11NO4/c17-14(18)11-6-7-12-13(8-11)20-15(16-12)19-9-10-4-2-1-3-5-10/h1-8H,9H2,(H,17,18). The Hall–Kier alpha value is -2.82. The van der Waals surface area contributed by atoms with Crippen LogP contribution in [0.25, 0.3) is 11.1 Å². The highest BCUT2D eigenvalue weighted by molar-refractivity contribution is 5.91. The molecule has 2 aromatic carbocycles. The maximum absolute atomic E-state index is 10.9. The lowest BCUT2D eigenvalue weighted by molar-refractivity contribution is 0.0697. The third-order valence-corrected chi connectivity index (χ3v) is 2.82. The molecule has 0 saturated carbocycles. The molecule has 0 unspecified atom stereocenters. The van der Waals surface area contributed by atoms with Crippen LogP contribution in [0.5, 0.6) is 6.08 Å². The summed E-state index contributed by atoms with van der Waals surface area (Å²) in [6, 6.07) is 14.1. The SMILES string of the molecule is O=C(O)c1ccc2nc(OCc3ccccc3)oc2c1. The van der Waals surface area contributed by atoms with Gasteiger partial charge in [0.05, 0.1) is 5.56 Å². The Morgan fingerprint density at radius 3 is 2.75 bits per heavy atom. The van der Waals surface area contributed by atoms with Gasteiger partial charge in [-0.15, -0.1) is 0 Å². The molecule has 0 spiro atoms. The number of benzene rings is 2. The van der Waals surface area contributed by atoms with Crippen molar-refractivity contribution in [3.63, 3.8) is 0 Å². The van der Waals surface area contributed by atoms with E-state index < -0.39 is 5.97 Å². The number of carboxylic acids is 1. The molecule has 5 heteroatoms. The van der Waals surface area contributed by atoms with Crippen LogP contribution < -0.4 is 4.74 Å². The van der Waals surface area contributed by atoms with Crippen molar-refractivity contribution in [1.82, 2.24) is 4.98 Å². The lowest BCUT2D eigenvalue weighted by Gasteiger charge is -2.00. The quantitative estimate of drug-likeness (QED) is 0.787. The van der Waals surface area contributed by atoms with Gasteiger partial charge in [0.1, 0.15) is 12.1 Å². The summed E-state index contributed by atoms with van der Waals surface area (Å²) in [5, 5.41) is 8.91. The minimum absolute atomic E-state index is 0.131. The van der Waals surface area contributed by atoms with Gasteiger partial charge < -0.3 is 14.3 Å². The molecule has 0 fully saturated rings. The van der Waals surface area contributed by atoms with Crippen LogP contribution in [0.1, 0.15) is 15.9 Å². The van der Waals surface area contributed by atoms with Gasteiger partial charge >= 0.3 is 12.0 Å². The van der Waals surface area contributed by atoms with Crippen molar-refractivity contribution in [1.29, 1.82) is 0 Å². The molecule has 0 amide bonds. The van der Waals surface area contributed by atoms with Gasteiger partial charge in [0, 0.05) is 0 Å². The van der Waals surface area contributed by atoms with E-state index in [1.165, 1.54) is 12.1 Å². The summed E-state index contributed by atoms with van der Waals surface area (Å²) in [6.07, 6.45) is 0.131. The smallest absolute Gasteiger partial charge is 0.394 e. The van der Waals surface area contributed by atoms with Crippen molar-refractivity contribution < 1.29 is 19.1 Å². The number of aromatic nitrogens is 1. The summed E-state index contributed by atoms with van der Waals surface area (Å²) >= 11 is 0. The number of ether oxygens (including phenoxy) is 1. The van der Waals surface area contributed by atoms with Crippen molar-refractivity contribution in [2.45, 2.75) is 6.61 Å². The van der Waals surface area contributed by atoms with E-state index >= 15 is 0 Å². The predicted molar refractivity (Wildman–Crippen MR) is 71.7 cm³/mol. The van der Waals surface area contributed by atoms with Gasteiger partial charge in [-0.3, -0.25) is 0 Å². The van der Waals surface area contributed by atoms with Crippen LogP contribution in [0, 0.1) is 0 Å². The highest BCUT2D eigenvalue weighted by Gasteiger charge is 2.10. The molecule has 0 atom stereocenters. The molecule has 1 N–H and O–H groups in total. The summed E-state index contributed by atoms with van der Waals surface area (Å²) in [7, 11) is 0. The molecule has 0 aliphatic rings. The van der Waals surface area contributed by atoms with Crippen molar-refractivity contribution in [3.8, 4) is 6.08 Å². The molecule has 20 heavy (non-hydrogen) atoms. The molecule has 5 nitrogen and oxygen atoms in total. The Labute approximate surface area is 114 Å². The van der Waals surface area contributed by atoms with Crippen molar-refractivity contribution in [3.05, 3.63) is 59.7 Å². The van der Waals surface area contributed by atoms with Gasteiger partial charge in [-0.1, -0.05) is 30.3 Å². The molecule has 1 aromatic heterocycles. The molecule has 0 bridgehead atoms. The molecular weight excluding hydrogens is 258 g/mol. The van der Waals surface area contributed by atoms with Gasteiger partial charge in [0.2, 0.25) is 0 Å². The summed E-state index contributed by atoms with van der Waals surface area (Å²) in [4.78, 5) is 15.0. The Morgan fingerprint density at radius 2 is 2.00 bits per heavy atom. The second-order valence-electron chi connectivity index (χ2n) is 4.24. The first-order valence-electron chi connectivity index (χ1n) is 6.03. The number of aromatic carboxylic acids is 1. The van der Waals surface area contributed by atoms with E-state index in [1.807, 2.05) is 30.3 Å². The minimum Gasteiger partial charge on any atom is -0.478 e. The lowest BCUT2D eigenvalue weighted by atomic mass is 10.2. The highest BCUT2D eigenvalue weighted by Crippen LogP contribution is 2.22. The molecule has 0 aliphatic carbocycles. The van der Waals surface area contributed by atoms with E-state index in [0.717, 1.165) is 5.56 Å². The second kappa shape index (κ2) is 5.05. The maximum Gasteiger partial charge on any atom is 0.394 e. The van der Waals surface area contributed by atoms with Gasteiger partial charge in [0.25, 0.3) is 0 Å². The van der Waals surface area contributed by atoms with Gasteiger partial charge in [0.15, 0.2) is 5.58 Å². The number of hydrogen-bond acceptors (Lipinski definition) is 4. The van der Waals surface area contributed by atoms with Crippen LogP contribution in [-0.2, 0) is 6.61 Å².